The van der Waals surface area contributed by atoms with Gasteiger partial charge < -0.3 is 25.3 Å². The number of rotatable bonds is 6. The lowest BCUT2D eigenvalue weighted by Crippen LogP contribution is -2.50. The Morgan fingerprint density at radius 3 is 2.50 bits per heavy atom. The number of benzene rings is 2. The zero-order valence-electron chi connectivity index (χ0n) is 17.8. The molecule has 1 aliphatic rings. The fraction of sp³-hybridized carbons (Fsp3) is 0.286. The highest BCUT2D eigenvalue weighted by atomic mass is 35.5. The van der Waals surface area contributed by atoms with Gasteiger partial charge in [0.15, 0.2) is 0 Å². The molecule has 0 atom stereocenters. The van der Waals surface area contributed by atoms with Crippen LogP contribution in [-0.4, -0.2) is 60.4 Å². The first-order chi connectivity index (χ1) is 15.3. The monoisotopic (exact) mass is 480 g/mol. The van der Waals surface area contributed by atoms with Crippen molar-refractivity contribution in [2.75, 3.05) is 50.7 Å². The molecule has 11 heteroatoms. The van der Waals surface area contributed by atoms with Crippen molar-refractivity contribution >= 4 is 45.9 Å². The van der Waals surface area contributed by atoms with Gasteiger partial charge in [0.25, 0.3) is 0 Å². The molecule has 8 nitrogen and oxygen atoms in total. The number of halogens is 2. The Balaban J connectivity index is 1.83. The van der Waals surface area contributed by atoms with E-state index in [1.54, 1.807) is 31.3 Å². The number of nitrogens with two attached hydrogens (primary N) is 2. The number of methoxy groups -OCH3 is 1. The van der Waals surface area contributed by atoms with Crippen molar-refractivity contribution in [2.24, 2.45) is 11.6 Å². The fourth-order valence-corrected chi connectivity index (χ4v) is 4.38. The summed E-state index contributed by atoms with van der Waals surface area (Å²) in [5.74, 6) is 5.83. The minimum Gasteiger partial charge on any atom is -0.496 e. The summed E-state index contributed by atoms with van der Waals surface area (Å²) in [6.45, 7) is 2.48. The molecule has 0 radical (unpaired) electrons. The first kappa shape index (κ1) is 23.9. The summed E-state index contributed by atoms with van der Waals surface area (Å²) in [4.78, 5) is 4.52. The Labute approximate surface area is 196 Å². The molecular formula is C21H26ClFN6O2S. The van der Waals surface area contributed by atoms with E-state index in [0.29, 0.717) is 53.3 Å². The summed E-state index contributed by atoms with van der Waals surface area (Å²) >= 11 is 12.1. The molecule has 1 saturated heterocycles. The maximum absolute atomic E-state index is 14.6. The molecule has 1 fully saturated rings. The molecule has 32 heavy (non-hydrogen) atoms. The van der Waals surface area contributed by atoms with Crippen LogP contribution in [0.2, 0.25) is 5.02 Å². The summed E-state index contributed by atoms with van der Waals surface area (Å²) in [6, 6.07) is 9.72. The lowest BCUT2D eigenvalue weighted by Gasteiger charge is -2.39. The van der Waals surface area contributed by atoms with Crippen molar-refractivity contribution in [3.05, 3.63) is 58.5 Å². The molecule has 0 bridgehead atoms. The number of ether oxygens (including phenoxy) is 1. The van der Waals surface area contributed by atoms with Gasteiger partial charge in [0.1, 0.15) is 22.3 Å². The molecule has 3 rings (SSSR count). The highest BCUT2D eigenvalue weighted by Gasteiger charge is 2.27. The van der Waals surface area contributed by atoms with Crippen LogP contribution >= 0.6 is 23.8 Å². The van der Waals surface area contributed by atoms with Gasteiger partial charge in [0.2, 0.25) is 0 Å². The van der Waals surface area contributed by atoms with Crippen molar-refractivity contribution in [3.63, 3.8) is 0 Å². The SMILES string of the molecule is COc1cccc(F)c1/C(N)=C(\C(=S)N1CCN(c2ccc(NO)cc2Cl)CC1)N(C)N. The van der Waals surface area contributed by atoms with E-state index in [9.17, 15) is 4.39 Å². The van der Waals surface area contributed by atoms with Crippen molar-refractivity contribution in [1.29, 1.82) is 0 Å². The Kier molecular flexibility index (Phi) is 7.62. The van der Waals surface area contributed by atoms with E-state index in [2.05, 4.69) is 10.4 Å². The summed E-state index contributed by atoms with van der Waals surface area (Å²) in [7, 11) is 3.05. The summed E-state index contributed by atoms with van der Waals surface area (Å²) in [5.41, 5.74) is 10.4. The Bertz CT molecular complexity index is 1030. The van der Waals surface area contributed by atoms with Gasteiger partial charge in [-0.25, -0.2) is 10.2 Å². The zero-order valence-corrected chi connectivity index (χ0v) is 19.4. The van der Waals surface area contributed by atoms with E-state index >= 15 is 0 Å². The van der Waals surface area contributed by atoms with Gasteiger partial charge in [-0.15, -0.1) is 0 Å². The van der Waals surface area contributed by atoms with Gasteiger partial charge >= 0.3 is 0 Å². The normalized spacial score (nSPS) is 14.7. The van der Waals surface area contributed by atoms with Crippen molar-refractivity contribution in [1.82, 2.24) is 9.91 Å². The van der Waals surface area contributed by atoms with Gasteiger partial charge in [0, 0.05) is 33.2 Å². The molecule has 0 aromatic heterocycles. The molecule has 1 aliphatic heterocycles. The fourth-order valence-electron chi connectivity index (χ4n) is 3.64. The van der Waals surface area contributed by atoms with E-state index in [1.165, 1.54) is 18.2 Å². The molecule has 2 aromatic rings. The molecule has 1 heterocycles. The molecule has 172 valence electrons. The number of hydrogen-bond donors (Lipinski definition) is 4. The lowest BCUT2D eigenvalue weighted by molar-refractivity contribution is 0.375. The van der Waals surface area contributed by atoms with Gasteiger partial charge in [-0.1, -0.05) is 29.9 Å². The number of hydrazine groups is 1. The first-order valence-electron chi connectivity index (χ1n) is 9.83. The molecule has 0 amide bonds. The molecule has 0 spiro atoms. The van der Waals surface area contributed by atoms with E-state index in [1.807, 2.05) is 11.0 Å². The predicted octanol–water partition coefficient (Wildman–Crippen LogP) is 2.87. The summed E-state index contributed by atoms with van der Waals surface area (Å²) < 4.78 is 19.9. The topological polar surface area (TPSA) is 103 Å². The molecular weight excluding hydrogens is 455 g/mol. The number of hydrogen-bond acceptors (Lipinski definition) is 8. The van der Waals surface area contributed by atoms with Gasteiger partial charge in [0.05, 0.1) is 34.8 Å². The minimum atomic E-state index is -0.524. The maximum Gasteiger partial charge on any atom is 0.136 e. The van der Waals surface area contributed by atoms with Crippen molar-refractivity contribution < 1.29 is 14.3 Å². The largest absolute Gasteiger partial charge is 0.496 e. The molecule has 0 saturated carbocycles. The van der Waals surface area contributed by atoms with Gasteiger partial charge in [-0.2, -0.15) is 0 Å². The van der Waals surface area contributed by atoms with Crippen LogP contribution in [0.4, 0.5) is 15.8 Å². The van der Waals surface area contributed by atoms with E-state index in [0.717, 1.165) is 5.69 Å². The summed E-state index contributed by atoms with van der Waals surface area (Å²) in [6.07, 6.45) is 0. The van der Waals surface area contributed by atoms with Crippen molar-refractivity contribution in [2.45, 2.75) is 0 Å². The number of nitrogens with one attached hydrogen (secondary N) is 1. The molecule has 6 N–H and O–H groups in total. The Morgan fingerprint density at radius 2 is 1.94 bits per heavy atom. The third-order valence-electron chi connectivity index (χ3n) is 5.26. The average Bonchev–Trinajstić information content (AvgIpc) is 2.78. The predicted molar refractivity (Wildman–Crippen MR) is 129 cm³/mol. The maximum atomic E-state index is 14.6. The standard InChI is InChI=1S/C21H26ClFN6O2S/c1-27(25)20(19(24)18-15(23)4-3-5-17(18)31-2)21(32)29-10-8-28(9-11-29)16-7-6-13(26-30)12-14(16)22/h3-7,12,26,30H,8-11,24-25H2,1-2H3/b20-19-. The van der Waals surface area contributed by atoms with Crippen molar-refractivity contribution in [3.8, 4) is 5.75 Å². The van der Waals surface area contributed by atoms with Crippen LogP contribution in [0.5, 0.6) is 5.75 Å². The van der Waals surface area contributed by atoms with E-state index in [4.69, 9.17) is 45.3 Å². The van der Waals surface area contributed by atoms with Crippen LogP contribution in [0, 0.1) is 5.82 Å². The third kappa shape index (κ3) is 4.83. The number of piperazine rings is 1. The third-order valence-corrected chi connectivity index (χ3v) is 6.01. The number of anilines is 2. The van der Waals surface area contributed by atoms with Crippen LogP contribution in [0.25, 0.3) is 5.70 Å². The van der Waals surface area contributed by atoms with E-state index < -0.39 is 5.82 Å². The van der Waals surface area contributed by atoms with Crippen LogP contribution in [0.15, 0.2) is 42.1 Å². The Hall–Kier alpha value is -2.79. The van der Waals surface area contributed by atoms with Crippen LogP contribution in [0.3, 0.4) is 0 Å². The molecule has 0 aliphatic carbocycles. The average molecular weight is 481 g/mol. The van der Waals surface area contributed by atoms with Gasteiger partial charge in [-0.3, -0.25) is 10.7 Å². The molecule has 2 aromatic carbocycles. The molecule has 0 unspecified atom stereocenters. The number of thiocarbonyl (C=S) groups is 1. The van der Waals surface area contributed by atoms with Crippen LogP contribution in [0.1, 0.15) is 5.56 Å². The van der Waals surface area contributed by atoms with Crippen LogP contribution in [-0.2, 0) is 0 Å². The highest BCUT2D eigenvalue weighted by molar-refractivity contribution is 7.80. The Morgan fingerprint density at radius 1 is 1.25 bits per heavy atom. The second kappa shape index (κ2) is 10.2. The second-order valence-corrected chi connectivity index (χ2v) is 8.04. The van der Waals surface area contributed by atoms with Gasteiger partial charge in [-0.05, 0) is 30.3 Å². The quantitative estimate of drug-likeness (QED) is 0.215. The van der Waals surface area contributed by atoms with Crippen LogP contribution < -0.4 is 26.7 Å². The summed E-state index contributed by atoms with van der Waals surface area (Å²) in [5, 5.41) is 10.9. The highest BCUT2D eigenvalue weighted by Crippen LogP contribution is 2.31. The number of nitrogens with zero attached hydrogens (tertiary/aromatic N) is 3. The second-order valence-electron chi connectivity index (χ2n) is 7.25. The zero-order chi connectivity index (χ0) is 23.4. The first-order valence-corrected chi connectivity index (χ1v) is 10.6. The minimum absolute atomic E-state index is 0.104. The smallest absolute Gasteiger partial charge is 0.136 e. The lowest BCUT2D eigenvalue weighted by atomic mass is 10.1. The number of likely N-dealkylation sites (N-methyl/N-ethyl adjacent to an activating group) is 1. The van der Waals surface area contributed by atoms with E-state index in [-0.39, 0.29) is 11.3 Å².